The van der Waals surface area contributed by atoms with Gasteiger partial charge in [-0.3, -0.25) is 0 Å². The molecule has 0 aliphatic carbocycles. The summed E-state index contributed by atoms with van der Waals surface area (Å²) < 4.78 is 3.49. The summed E-state index contributed by atoms with van der Waals surface area (Å²) in [6.07, 6.45) is 0. The van der Waals surface area contributed by atoms with Crippen molar-refractivity contribution >= 4 is 32.3 Å². The normalized spacial score (nSPS) is 17.1. The first-order valence-corrected chi connectivity index (χ1v) is 19.8. The van der Waals surface area contributed by atoms with Gasteiger partial charge in [-0.05, 0) is 0 Å². The van der Waals surface area contributed by atoms with Crippen molar-refractivity contribution in [2.75, 3.05) is 0 Å². The monoisotopic (exact) mass is 492 g/mol. The molecule has 0 fully saturated rings. The summed E-state index contributed by atoms with van der Waals surface area (Å²) >= 11 is -2.86. The number of hydrogen-bond donors (Lipinski definition) is 0. The van der Waals surface area contributed by atoms with E-state index in [4.69, 9.17) is 0 Å². The minimum absolute atomic E-state index is 0.533. The first-order chi connectivity index (χ1) is 13.7. The molecule has 0 radical (unpaired) electrons. The van der Waals surface area contributed by atoms with E-state index in [1.54, 1.807) is 18.1 Å². The predicted molar refractivity (Wildman–Crippen MR) is 135 cm³/mol. The molecular weight excluding hydrogens is 454 g/mol. The average molecular weight is 491 g/mol. The van der Waals surface area contributed by atoms with Crippen LogP contribution in [-0.4, -0.2) is 25.1 Å². The quantitative estimate of drug-likeness (QED) is 0.372. The third kappa shape index (κ3) is 4.17. The van der Waals surface area contributed by atoms with Crippen LogP contribution in [-0.2, 0) is 0 Å². The zero-order chi connectivity index (χ0) is 21.3. The number of benzene rings is 2. The zero-order valence-electron chi connectivity index (χ0n) is 19.6. The molecule has 0 saturated heterocycles. The first kappa shape index (κ1) is 22.5. The maximum atomic E-state index is 2.65. The van der Waals surface area contributed by atoms with Crippen LogP contribution in [0.1, 0.15) is 52.7 Å². The van der Waals surface area contributed by atoms with Crippen LogP contribution in [0.25, 0.3) is 7.18 Å². The Kier molecular flexibility index (Phi) is 6.88. The molecule has 0 atom stereocenters. The molecule has 3 rings (SSSR count). The van der Waals surface area contributed by atoms with E-state index in [-0.39, 0.29) is 0 Å². The summed E-state index contributed by atoms with van der Waals surface area (Å²) in [4.78, 5) is 5.31. The van der Waals surface area contributed by atoms with E-state index in [1.807, 2.05) is 0 Å². The summed E-state index contributed by atoms with van der Waals surface area (Å²) in [5.41, 5.74) is 6.41. The van der Waals surface area contributed by atoms with Gasteiger partial charge in [-0.25, -0.2) is 0 Å². The molecule has 2 aromatic rings. The van der Waals surface area contributed by atoms with Crippen molar-refractivity contribution < 1.29 is 0 Å². The fourth-order valence-corrected chi connectivity index (χ4v) is 18.0. The fraction of sp³-hybridized carbons (Fsp3) is 0.407. The molecule has 2 aromatic carbocycles. The summed E-state index contributed by atoms with van der Waals surface area (Å²) in [7, 11) is 0. The van der Waals surface area contributed by atoms with Gasteiger partial charge in [-0.2, -0.15) is 0 Å². The van der Waals surface area contributed by atoms with Crippen molar-refractivity contribution in [3.8, 4) is 0 Å². The molecule has 29 heavy (non-hydrogen) atoms. The van der Waals surface area contributed by atoms with Crippen molar-refractivity contribution in [2.24, 2.45) is 11.8 Å². The summed E-state index contributed by atoms with van der Waals surface area (Å²) in [5, 5.41) is 0. The number of allylic oxidation sites excluding steroid dienone is 2. The van der Waals surface area contributed by atoms with Crippen LogP contribution in [0.2, 0.25) is 15.7 Å². The van der Waals surface area contributed by atoms with Crippen molar-refractivity contribution in [1.82, 2.24) is 0 Å². The van der Waals surface area contributed by atoms with Crippen molar-refractivity contribution in [2.45, 2.75) is 57.2 Å². The fourth-order valence-electron chi connectivity index (χ4n) is 5.60. The second-order valence-corrected chi connectivity index (χ2v) is 22.2. The molecule has 152 valence electrons. The molecule has 0 N–H and O–H groups in total. The van der Waals surface area contributed by atoms with Gasteiger partial charge in [-0.15, -0.1) is 0 Å². The number of rotatable bonds is 5. The van der Waals surface area contributed by atoms with E-state index in [2.05, 4.69) is 112 Å². The Morgan fingerprint density at radius 1 is 0.586 bits per heavy atom. The third-order valence-corrected chi connectivity index (χ3v) is 17.0. The second-order valence-electron chi connectivity index (χ2n) is 10.0. The minimum atomic E-state index is -2.86. The first-order valence-electron chi connectivity index (χ1n) is 11.3. The van der Waals surface area contributed by atoms with Crippen LogP contribution in [0.5, 0.6) is 0 Å². The van der Waals surface area contributed by atoms with Gasteiger partial charge in [0, 0.05) is 0 Å². The van der Waals surface area contributed by atoms with E-state index < -0.39 is 18.4 Å². The molecule has 1 aliphatic rings. The van der Waals surface area contributed by atoms with E-state index in [9.17, 15) is 0 Å². The second kappa shape index (κ2) is 8.88. The van der Waals surface area contributed by atoms with E-state index in [0.717, 1.165) is 0 Å². The van der Waals surface area contributed by atoms with Gasteiger partial charge in [0.05, 0.1) is 0 Å². The van der Waals surface area contributed by atoms with E-state index in [0.29, 0.717) is 24.4 Å². The summed E-state index contributed by atoms with van der Waals surface area (Å²) in [6, 6.07) is 22.6. The Hall–Kier alpha value is -1.22. The Labute approximate surface area is 183 Å². The third-order valence-electron chi connectivity index (χ3n) is 6.53. The van der Waals surface area contributed by atoms with Crippen LogP contribution in [0.4, 0.5) is 0 Å². The van der Waals surface area contributed by atoms with Crippen LogP contribution in [0.15, 0.2) is 71.6 Å². The van der Waals surface area contributed by atoms with E-state index in [1.165, 1.54) is 11.1 Å². The SMILES string of the molecule is CC(C)B1C(C(C)C)=[C](c2ccccc2)[Sn]([CH3])([CH3])[C](c2ccccc2)=C1C(C)C. The molecule has 2 heteroatoms. The zero-order valence-corrected chi connectivity index (χ0v) is 22.4. The molecular formula is C27H37BSn. The molecule has 0 bridgehead atoms. The van der Waals surface area contributed by atoms with Gasteiger partial charge in [0.15, 0.2) is 0 Å². The van der Waals surface area contributed by atoms with Crippen LogP contribution in [0.3, 0.4) is 0 Å². The van der Waals surface area contributed by atoms with Gasteiger partial charge < -0.3 is 0 Å². The van der Waals surface area contributed by atoms with Crippen molar-refractivity contribution in [1.29, 1.82) is 0 Å². The standard InChI is InChI=1S/C25H31B.2CH3.Sn/c1-19(2)24(17-22-13-9-7-10-14-22)26(21(5)6)25(20(3)4)18-23-15-11-8-12-16-23;;;/h7-16,19-21H,1-6H3;2*1H3;. The van der Waals surface area contributed by atoms with E-state index >= 15 is 0 Å². The van der Waals surface area contributed by atoms with Gasteiger partial charge in [0.1, 0.15) is 0 Å². The Morgan fingerprint density at radius 3 is 1.21 bits per heavy atom. The van der Waals surface area contributed by atoms with Crippen molar-refractivity contribution in [3.05, 3.63) is 82.7 Å². The maximum absolute atomic E-state index is 2.86. The van der Waals surface area contributed by atoms with Gasteiger partial charge in [-0.1, -0.05) is 0 Å². The van der Waals surface area contributed by atoms with Crippen LogP contribution < -0.4 is 0 Å². The Bertz CT molecular complexity index is 831. The van der Waals surface area contributed by atoms with Gasteiger partial charge in [0.25, 0.3) is 0 Å². The molecule has 0 unspecified atom stereocenters. The average Bonchev–Trinajstić information content (AvgIpc) is 2.67. The molecule has 0 nitrogen and oxygen atoms in total. The molecule has 0 spiro atoms. The van der Waals surface area contributed by atoms with Crippen molar-refractivity contribution in [3.63, 3.8) is 0 Å². The molecule has 0 aromatic heterocycles. The number of hydrogen-bond acceptors (Lipinski definition) is 0. The van der Waals surface area contributed by atoms with Gasteiger partial charge in [0.2, 0.25) is 0 Å². The summed E-state index contributed by atoms with van der Waals surface area (Å²) in [5.74, 6) is 1.74. The predicted octanol–water partition coefficient (Wildman–Crippen LogP) is 7.99. The molecule has 0 amide bonds. The van der Waals surface area contributed by atoms with Gasteiger partial charge >= 0.3 is 184 Å². The Balaban J connectivity index is 2.44. The molecule has 1 aliphatic heterocycles. The molecule has 1 heterocycles. The summed E-state index contributed by atoms with van der Waals surface area (Å²) in [6.45, 7) is 15.1. The van der Waals surface area contributed by atoms with Crippen LogP contribution in [0, 0.1) is 11.8 Å². The molecule has 0 saturated carbocycles. The van der Waals surface area contributed by atoms with Crippen LogP contribution >= 0.6 is 0 Å². The Morgan fingerprint density at radius 2 is 0.931 bits per heavy atom. The topological polar surface area (TPSA) is 0 Å².